The van der Waals surface area contributed by atoms with Crippen molar-refractivity contribution in [1.29, 1.82) is 0 Å². The molecule has 0 aliphatic heterocycles. The average molecular weight is 381 g/mol. The molecule has 0 unspecified atom stereocenters. The van der Waals surface area contributed by atoms with Gasteiger partial charge < -0.3 is 14.9 Å². The Hall–Kier alpha value is -1.60. The second-order valence-electron chi connectivity index (χ2n) is 4.05. The molecule has 0 aliphatic carbocycles. The molecule has 0 atom stereocenters. The first kappa shape index (κ1) is 14.8. The van der Waals surface area contributed by atoms with E-state index in [4.69, 9.17) is 9.84 Å². The summed E-state index contributed by atoms with van der Waals surface area (Å²) < 4.78 is 6.19. The first-order valence-corrected chi connectivity index (χ1v) is 7.13. The lowest BCUT2D eigenvalue weighted by molar-refractivity contribution is 0.196. The molecular weight excluding hydrogens is 367 g/mol. The number of pyridine rings is 1. The summed E-state index contributed by atoms with van der Waals surface area (Å²) in [6.07, 6.45) is 5.60. The van der Waals surface area contributed by atoms with Gasteiger partial charge in [0.2, 0.25) is 5.88 Å². The summed E-state index contributed by atoms with van der Waals surface area (Å²) in [6, 6.07) is 8.92. The van der Waals surface area contributed by atoms with Crippen LogP contribution in [0.25, 0.3) is 12.2 Å². The van der Waals surface area contributed by atoms with E-state index in [2.05, 4.69) is 27.6 Å². The zero-order valence-electron chi connectivity index (χ0n) is 10.7. The summed E-state index contributed by atoms with van der Waals surface area (Å²) in [5.74, 6) is 0.783. The normalized spacial score (nSPS) is 10.9. The predicted octanol–water partition coefficient (Wildman–Crippen LogP) is 2.93. The highest BCUT2D eigenvalue weighted by atomic mass is 125. The molecule has 104 valence electrons. The van der Waals surface area contributed by atoms with E-state index in [-0.39, 0.29) is 19.0 Å². The molecule has 1 aromatic carbocycles. The maximum absolute atomic E-state index is 9.21. The van der Waals surface area contributed by atoms with Crippen LogP contribution < -0.4 is 4.74 Å². The lowest BCUT2D eigenvalue weighted by atomic mass is 10.1. The van der Waals surface area contributed by atoms with Crippen molar-refractivity contribution in [3.05, 3.63) is 51.2 Å². The zero-order chi connectivity index (χ0) is 14.4. The highest BCUT2D eigenvalue weighted by Crippen LogP contribution is 2.20. The van der Waals surface area contributed by atoms with Crippen molar-refractivity contribution >= 4 is 34.7 Å². The summed E-state index contributed by atoms with van der Waals surface area (Å²) >= 11 is 2.15. The second-order valence-corrected chi connectivity index (χ2v) is 5.21. The zero-order valence-corrected chi connectivity index (χ0v) is 12.8. The fourth-order valence-electron chi connectivity index (χ4n) is 1.56. The maximum Gasteiger partial charge on any atom is 0.227 e. The van der Waals surface area contributed by atoms with Gasteiger partial charge in [-0.25, -0.2) is 4.98 Å². The first-order chi connectivity index (χ1) is 9.69. The van der Waals surface area contributed by atoms with Gasteiger partial charge in [-0.15, -0.1) is 0 Å². The number of phenolic OH excluding ortho intramolecular Hbond substituents is 1. The minimum absolute atomic E-state index is 0.0275. The van der Waals surface area contributed by atoms with Crippen molar-refractivity contribution in [2.24, 2.45) is 0 Å². The van der Waals surface area contributed by atoms with Crippen LogP contribution in [0.15, 0.2) is 36.5 Å². The third-order valence-corrected chi connectivity index (χ3v) is 3.29. The highest BCUT2D eigenvalue weighted by Gasteiger charge is 2.02. The SMILES string of the molecule is OCCOc1ncc(/C=C/c2ccc(O)cc2)cc1[125I]. The van der Waals surface area contributed by atoms with Gasteiger partial charge in [-0.1, -0.05) is 24.3 Å². The van der Waals surface area contributed by atoms with Gasteiger partial charge >= 0.3 is 0 Å². The van der Waals surface area contributed by atoms with Crippen LogP contribution in [-0.4, -0.2) is 28.4 Å². The van der Waals surface area contributed by atoms with Gasteiger partial charge in [-0.2, -0.15) is 0 Å². The number of aliphatic hydroxyl groups excluding tert-OH is 1. The Balaban J connectivity index is 2.09. The van der Waals surface area contributed by atoms with Crippen molar-refractivity contribution < 1.29 is 14.9 Å². The van der Waals surface area contributed by atoms with Crippen molar-refractivity contribution in [3.63, 3.8) is 0 Å². The molecule has 0 saturated heterocycles. The number of halogens is 1. The van der Waals surface area contributed by atoms with Crippen LogP contribution >= 0.6 is 22.6 Å². The number of rotatable bonds is 5. The summed E-state index contributed by atoms with van der Waals surface area (Å²) in [5.41, 5.74) is 1.96. The number of ether oxygens (including phenoxy) is 1. The van der Waals surface area contributed by atoms with Crippen LogP contribution in [0.5, 0.6) is 11.6 Å². The Labute approximate surface area is 130 Å². The molecule has 0 amide bonds. The number of aromatic hydroxyl groups is 1. The third-order valence-electron chi connectivity index (χ3n) is 2.52. The van der Waals surface area contributed by atoms with Gasteiger partial charge in [-0.05, 0) is 51.9 Å². The molecule has 2 rings (SSSR count). The van der Waals surface area contributed by atoms with Crippen LogP contribution in [0.1, 0.15) is 11.1 Å². The van der Waals surface area contributed by atoms with Gasteiger partial charge in [0.1, 0.15) is 12.4 Å². The summed E-state index contributed by atoms with van der Waals surface area (Å²) in [5, 5.41) is 17.9. The molecule has 5 heteroatoms. The fourth-order valence-corrected chi connectivity index (χ4v) is 2.21. The van der Waals surface area contributed by atoms with Crippen LogP contribution in [0.3, 0.4) is 0 Å². The monoisotopic (exact) mass is 381 g/mol. The predicted molar refractivity (Wildman–Crippen MR) is 86.6 cm³/mol. The molecule has 0 saturated carbocycles. The molecule has 2 aromatic rings. The number of aromatic nitrogens is 1. The Bertz CT molecular complexity index is 597. The Kier molecular flexibility index (Phi) is 5.37. The third kappa shape index (κ3) is 4.21. The largest absolute Gasteiger partial charge is 0.508 e. The van der Waals surface area contributed by atoms with Crippen molar-refractivity contribution in [3.8, 4) is 11.6 Å². The van der Waals surface area contributed by atoms with E-state index >= 15 is 0 Å². The van der Waals surface area contributed by atoms with Crippen molar-refractivity contribution in [2.75, 3.05) is 13.2 Å². The summed E-state index contributed by atoms with van der Waals surface area (Å²) in [6.45, 7) is 0.214. The number of hydrogen-bond acceptors (Lipinski definition) is 4. The molecule has 4 nitrogen and oxygen atoms in total. The fraction of sp³-hybridized carbons (Fsp3) is 0.133. The van der Waals surface area contributed by atoms with Crippen molar-refractivity contribution in [2.45, 2.75) is 0 Å². The van der Waals surface area contributed by atoms with Crippen LogP contribution in [0, 0.1) is 3.57 Å². The van der Waals surface area contributed by atoms with Gasteiger partial charge in [0.25, 0.3) is 0 Å². The van der Waals surface area contributed by atoms with Crippen LogP contribution in [-0.2, 0) is 0 Å². The first-order valence-electron chi connectivity index (χ1n) is 6.05. The number of aliphatic hydroxyl groups is 1. The van der Waals surface area contributed by atoms with E-state index in [1.54, 1.807) is 18.3 Å². The van der Waals surface area contributed by atoms with Gasteiger partial charge in [0.15, 0.2) is 0 Å². The number of nitrogens with zero attached hydrogens (tertiary/aromatic N) is 1. The average Bonchev–Trinajstić information content (AvgIpc) is 2.46. The lowest BCUT2D eigenvalue weighted by Crippen LogP contribution is -2.04. The van der Waals surface area contributed by atoms with Gasteiger partial charge in [0.05, 0.1) is 10.2 Å². The smallest absolute Gasteiger partial charge is 0.227 e. The lowest BCUT2D eigenvalue weighted by Gasteiger charge is -2.05. The molecule has 20 heavy (non-hydrogen) atoms. The molecule has 0 radical (unpaired) electrons. The second kappa shape index (κ2) is 7.25. The molecule has 0 aliphatic rings. The van der Waals surface area contributed by atoms with E-state index in [9.17, 15) is 5.11 Å². The molecule has 0 spiro atoms. The van der Waals surface area contributed by atoms with Crippen LogP contribution in [0.2, 0.25) is 0 Å². The number of phenols is 1. The molecule has 1 aromatic heterocycles. The quantitative estimate of drug-likeness (QED) is 0.782. The van der Waals surface area contributed by atoms with Crippen LogP contribution in [0.4, 0.5) is 0 Å². The summed E-state index contributed by atoms with van der Waals surface area (Å²) in [7, 11) is 0. The van der Waals surface area contributed by atoms with E-state index in [0.29, 0.717) is 5.88 Å². The van der Waals surface area contributed by atoms with Crippen molar-refractivity contribution in [1.82, 2.24) is 4.98 Å². The van der Waals surface area contributed by atoms with Gasteiger partial charge in [0, 0.05) is 6.20 Å². The molecule has 2 N–H and O–H groups in total. The maximum atomic E-state index is 9.21. The number of benzene rings is 1. The van der Waals surface area contributed by atoms with E-state index in [0.717, 1.165) is 14.7 Å². The Morgan fingerprint density at radius 3 is 2.50 bits per heavy atom. The molecular formula is C15H14INO3. The van der Waals surface area contributed by atoms with Gasteiger partial charge in [-0.3, -0.25) is 0 Å². The molecule has 0 fully saturated rings. The minimum atomic E-state index is -0.0275. The Morgan fingerprint density at radius 1 is 1.15 bits per heavy atom. The van der Waals surface area contributed by atoms with E-state index < -0.39 is 0 Å². The minimum Gasteiger partial charge on any atom is -0.508 e. The Morgan fingerprint density at radius 2 is 1.85 bits per heavy atom. The summed E-state index contributed by atoms with van der Waals surface area (Å²) in [4.78, 5) is 4.21. The topological polar surface area (TPSA) is 62.6 Å². The highest BCUT2D eigenvalue weighted by molar-refractivity contribution is 14.1. The molecule has 0 bridgehead atoms. The van der Waals surface area contributed by atoms with E-state index in [1.807, 2.05) is 30.4 Å². The standard InChI is InChI=1S/C15H14INO3/c16-14-9-12(10-17-15(14)20-8-7-18)2-1-11-3-5-13(19)6-4-11/h1-6,9-10,18-19H,7-8H2/b2-1+/i16-2. The number of hydrogen-bond donors (Lipinski definition) is 2. The molecule has 1 heterocycles. The van der Waals surface area contributed by atoms with E-state index in [1.165, 1.54) is 0 Å².